The topological polar surface area (TPSA) is 84.7 Å². The Morgan fingerprint density at radius 3 is 2.58 bits per heavy atom. The van der Waals surface area contributed by atoms with Gasteiger partial charge in [0.2, 0.25) is 0 Å². The monoisotopic (exact) mass is 322 g/mol. The van der Waals surface area contributed by atoms with E-state index in [1.165, 1.54) is 11.9 Å². The number of hydrogen-bond acceptors (Lipinski definition) is 4. The lowest BCUT2D eigenvalue weighted by Crippen LogP contribution is -2.20. The van der Waals surface area contributed by atoms with Gasteiger partial charge in [0.15, 0.2) is 5.82 Å². The highest BCUT2D eigenvalue weighted by Gasteiger charge is 2.07. The molecule has 122 valence electrons. The van der Waals surface area contributed by atoms with Crippen LogP contribution in [0.5, 0.6) is 0 Å². The molecule has 3 rings (SSSR count). The molecule has 3 aromatic rings. The minimum atomic E-state index is -0.364. The lowest BCUT2D eigenvalue weighted by molar-refractivity contribution is 0.262. The van der Waals surface area contributed by atoms with Gasteiger partial charge in [0.25, 0.3) is 0 Å². The number of carbonyl (C=O) groups is 1. The van der Waals surface area contributed by atoms with Crippen LogP contribution in [0.1, 0.15) is 25.3 Å². The first kappa shape index (κ1) is 15.7. The quantitative estimate of drug-likeness (QED) is 0.770. The molecule has 0 bridgehead atoms. The van der Waals surface area contributed by atoms with Crippen LogP contribution in [-0.2, 0) is 0 Å². The van der Waals surface area contributed by atoms with Gasteiger partial charge in [-0.15, -0.1) is 0 Å². The molecule has 0 unspecified atom stereocenters. The van der Waals surface area contributed by atoms with Gasteiger partial charge in [-0.05, 0) is 29.7 Å². The molecule has 0 aliphatic rings. The zero-order valence-electron chi connectivity index (χ0n) is 13.5. The van der Waals surface area contributed by atoms with Crippen LogP contribution in [0.3, 0.4) is 0 Å². The first-order valence-corrected chi connectivity index (χ1v) is 7.62. The first-order valence-electron chi connectivity index (χ1n) is 7.62. The number of anilines is 2. The fourth-order valence-corrected chi connectivity index (χ4v) is 2.18. The number of urea groups is 1. The molecule has 0 atom stereocenters. The molecule has 0 saturated carbocycles. The van der Waals surface area contributed by atoms with Crippen molar-refractivity contribution in [3.63, 3.8) is 0 Å². The van der Waals surface area contributed by atoms with Crippen molar-refractivity contribution in [2.75, 3.05) is 10.6 Å². The zero-order chi connectivity index (χ0) is 16.9. The van der Waals surface area contributed by atoms with E-state index in [2.05, 4.69) is 39.5 Å². The van der Waals surface area contributed by atoms with E-state index in [9.17, 15) is 4.79 Å². The van der Waals surface area contributed by atoms with Crippen molar-refractivity contribution in [3.8, 4) is 5.82 Å². The Morgan fingerprint density at radius 2 is 1.92 bits per heavy atom. The minimum absolute atomic E-state index is 0.364. The Morgan fingerprint density at radius 1 is 1.12 bits per heavy atom. The number of aromatic nitrogens is 4. The van der Waals surface area contributed by atoms with E-state index in [4.69, 9.17) is 0 Å². The van der Waals surface area contributed by atoms with Crippen molar-refractivity contribution < 1.29 is 4.79 Å². The summed E-state index contributed by atoms with van der Waals surface area (Å²) in [6.07, 6.45) is 4.80. The number of carbonyl (C=O) groups excluding carboxylic acids is 1. The van der Waals surface area contributed by atoms with Gasteiger partial charge < -0.3 is 5.32 Å². The number of benzene rings is 1. The van der Waals surface area contributed by atoms with Crippen molar-refractivity contribution in [1.29, 1.82) is 0 Å². The number of amides is 2. The normalized spacial score (nSPS) is 10.6. The minimum Gasteiger partial charge on any atom is -0.308 e. The second-order valence-electron chi connectivity index (χ2n) is 5.57. The largest absolute Gasteiger partial charge is 0.324 e. The van der Waals surface area contributed by atoms with E-state index in [1.54, 1.807) is 29.2 Å². The summed E-state index contributed by atoms with van der Waals surface area (Å²) in [6, 6.07) is 10.8. The Kier molecular flexibility index (Phi) is 4.51. The second kappa shape index (κ2) is 6.91. The van der Waals surface area contributed by atoms with E-state index < -0.39 is 0 Å². The molecular formula is C17H18N6O. The summed E-state index contributed by atoms with van der Waals surface area (Å²) in [5, 5.41) is 9.56. The molecule has 0 aliphatic heterocycles. The van der Waals surface area contributed by atoms with Crippen LogP contribution < -0.4 is 10.6 Å². The molecule has 7 heteroatoms. The standard InChI is InChI=1S/C17H18N6O/c1-12(2)13-4-6-14(7-5-13)21-17(24)22-15-10-16(19-11-18-15)23-9-3-8-20-23/h3-12H,1-2H3,(H2,18,19,21,22,24). The van der Waals surface area contributed by atoms with Gasteiger partial charge in [-0.3, -0.25) is 5.32 Å². The van der Waals surface area contributed by atoms with Crippen molar-refractivity contribution in [2.45, 2.75) is 19.8 Å². The summed E-state index contributed by atoms with van der Waals surface area (Å²) in [4.78, 5) is 20.3. The summed E-state index contributed by atoms with van der Waals surface area (Å²) >= 11 is 0. The lowest BCUT2D eigenvalue weighted by Gasteiger charge is -2.09. The number of nitrogens with zero attached hydrogens (tertiary/aromatic N) is 4. The molecule has 24 heavy (non-hydrogen) atoms. The molecule has 0 spiro atoms. The second-order valence-corrected chi connectivity index (χ2v) is 5.57. The lowest BCUT2D eigenvalue weighted by atomic mass is 10.0. The Labute approximate surface area is 139 Å². The molecule has 0 radical (unpaired) electrons. The van der Waals surface area contributed by atoms with Crippen LogP contribution in [-0.4, -0.2) is 25.8 Å². The Bertz CT molecular complexity index is 811. The van der Waals surface area contributed by atoms with E-state index in [1.807, 2.05) is 24.3 Å². The summed E-state index contributed by atoms with van der Waals surface area (Å²) in [6.45, 7) is 4.25. The first-order chi connectivity index (χ1) is 11.6. The van der Waals surface area contributed by atoms with Crippen molar-refractivity contribution in [3.05, 3.63) is 60.7 Å². The van der Waals surface area contributed by atoms with Gasteiger partial charge >= 0.3 is 6.03 Å². The molecular weight excluding hydrogens is 304 g/mol. The Hall–Kier alpha value is -3.22. The maximum absolute atomic E-state index is 12.1. The molecule has 0 saturated heterocycles. The van der Waals surface area contributed by atoms with Gasteiger partial charge in [0, 0.05) is 24.1 Å². The SMILES string of the molecule is CC(C)c1ccc(NC(=O)Nc2cc(-n3cccn3)ncn2)cc1. The number of rotatable bonds is 4. The van der Waals surface area contributed by atoms with Crippen LogP contribution in [0.2, 0.25) is 0 Å². The molecule has 7 nitrogen and oxygen atoms in total. The fraction of sp³-hybridized carbons (Fsp3) is 0.176. The third-order valence-corrected chi connectivity index (χ3v) is 3.47. The van der Waals surface area contributed by atoms with Gasteiger partial charge in [0.05, 0.1) is 0 Å². The third-order valence-electron chi connectivity index (χ3n) is 3.47. The highest BCUT2D eigenvalue weighted by Crippen LogP contribution is 2.17. The van der Waals surface area contributed by atoms with Crippen LogP contribution in [0.15, 0.2) is 55.1 Å². The maximum Gasteiger partial charge on any atom is 0.324 e. The summed E-state index contributed by atoms with van der Waals surface area (Å²) < 4.78 is 1.59. The van der Waals surface area contributed by atoms with Gasteiger partial charge in [-0.1, -0.05) is 26.0 Å². The van der Waals surface area contributed by atoms with Gasteiger partial charge in [-0.25, -0.2) is 19.4 Å². The predicted molar refractivity (Wildman–Crippen MR) is 92.3 cm³/mol. The highest BCUT2D eigenvalue weighted by molar-refractivity contribution is 5.99. The molecule has 1 aromatic carbocycles. The molecule has 2 N–H and O–H groups in total. The van der Waals surface area contributed by atoms with E-state index in [0.717, 1.165) is 5.69 Å². The van der Waals surface area contributed by atoms with E-state index >= 15 is 0 Å². The third kappa shape index (κ3) is 3.75. The summed E-state index contributed by atoms with van der Waals surface area (Å²) in [5.41, 5.74) is 1.94. The summed E-state index contributed by atoms with van der Waals surface area (Å²) in [5.74, 6) is 1.42. The average Bonchev–Trinajstić information content (AvgIpc) is 3.10. The van der Waals surface area contributed by atoms with Crippen molar-refractivity contribution >= 4 is 17.5 Å². The molecule has 2 aromatic heterocycles. The average molecular weight is 322 g/mol. The van der Waals surface area contributed by atoms with Crippen LogP contribution in [0, 0.1) is 0 Å². The van der Waals surface area contributed by atoms with Gasteiger partial charge in [-0.2, -0.15) is 5.10 Å². The van der Waals surface area contributed by atoms with Crippen LogP contribution in [0.25, 0.3) is 5.82 Å². The molecule has 2 heterocycles. The molecule has 0 fully saturated rings. The fourth-order valence-electron chi connectivity index (χ4n) is 2.18. The van der Waals surface area contributed by atoms with Crippen LogP contribution >= 0.6 is 0 Å². The Balaban J connectivity index is 1.65. The van der Waals surface area contributed by atoms with Gasteiger partial charge in [0.1, 0.15) is 12.1 Å². The zero-order valence-corrected chi connectivity index (χ0v) is 13.5. The van der Waals surface area contributed by atoms with Crippen LogP contribution in [0.4, 0.5) is 16.3 Å². The van der Waals surface area contributed by atoms with E-state index in [-0.39, 0.29) is 6.03 Å². The number of nitrogens with one attached hydrogen (secondary N) is 2. The van der Waals surface area contributed by atoms with E-state index in [0.29, 0.717) is 17.6 Å². The van der Waals surface area contributed by atoms with Crippen molar-refractivity contribution in [1.82, 2.24) is 19.7 Å². The smallest absolute Gasteiger partial charge is 0.308 e. The molecule has 0 aliphatic carbocycles. The maximum atomic E-state index is 12.1. The van der Waals surface area contributed by atoms with Crippen molar-refractivity contribution in [2.24, 2.45) is 0 Å². The highest BCUT2D eigenvalue weighted by atomic mass is 16.2. The predicted octanol–water partition coefficient (Wildman–Crippen LogP) is 3.43. The molecule has 2 amide bonds. The summed E-state index contributed by atoms with van der Waals surface area (Å²) in [7, 11) is 0. The number of hydrogen-bond donors (Lipinski definition) is 2.